The number of nitrogens with zero attached hydrogens (tertiary/aromatic N) is 7. The van der Waals surface area contributed by atoms with E-state index in [-0.39, 0.29) is 29.6 Å². The number of anilines is 1. The van der Waals surface area contributed by atoms with Crippen LogP contribution in [0.25, 0.3) is 17.1 Å². The molecule has 42 heavy (non-hydrogen) atoms. The molecule has 16 heteroatoms. The molecule has 0 radical (unpaired) electrons. The van der Waals surface area contributed by atoms with Crippen LogP contribution in [0.2, 0.25) is 5.02 Å². The number of aromatic nitrogens is 7. The monoisotopic (exact) mass is 602 g/mol. The molecule has 0 aliphatic carbocycles. The number of carbonyl (C=O) groups is 1. The second kappa shape index (κ2) is 11.5. The Bertz CT molecular complexity index is 1780. The van der Waals surface area contributed by atoms with E-state index in [0.717, 1.165) is 16.9 Å². The van der Waals surface area contributed by atoms with Gasteiger partial charge in [-0.15, -0.1) is 10.2 Å². The van der Waals surface area contributed by atoms with E-state index in [1.165, 1.54) is 47.4 Å². The molecule has 0 aliphatic heterocycles. The molecule has 2 aromatic carbocycles. The lowest BCUT2D eigenvalue weighted by Crippen LogP contribution is -2.37. The zero-order valence-corrected chi connectivity index (χ0v) is 22.0. The molecule has 0 saturated heterocycles. The van der Waals surface area contributed by atoms with E-state index in [2.05, 4.69) is 25.5 Å². The summed E-state index contributed by atoms with van der Waals surface area (Å²) in [6.07, 6.45) is -5.54. The van der Waals surface area contributed by atoms with Gasteiger partial charge in [0.1, 0.15) is 24.5 Å². The molecule has 0 saturated carbocycles. The van der Waals surface area contributed by atoms with E-state index < -0.39 is 36.2 Å². The van der Waals surface area contributed by atoms with Gasteiger partial charge in [-0.3, -0.25) is 9.36 Å². The van der Waals surface area contributed by atoms with Crippen LogP contribution < -0.4 is 11.0 Å². The number of hydrogen-bond donors (Lipinski definition) is 2. The molecule has 2 N–H and O–H groups in total. The summed E-state index contributed by atoms with van der Waals surface area (Å²) in [4.78, 5) is 34.0. The van der Waals surface area contributed by atoms with E-state index in [9.17, 15) is 32.3 Å². The highest BCUT2D eigenvalue weighted by molar-refractivity contribution is 6.30. The SMILES string of the molecule is O=C(Nc1ccc(F)cn1)c1ccccc1-n1cnc(Cn2nc(-c3ccc(Cl)cc3)n(CC(O)C(F)(F)F)c2=O)n1. The van der Waals surface area contributed by atoms with Gasteiger partial charge < -0.3 is 10.4 Å². The summed E-state index contributed by atoms with van der Waals surface area (Å²) in [5.41, 5.74) is -0.165. The number of rotatable bonds is 8. The number of nitrogens with one attached hydrogen (secondary N) is 1. The predicted molar refractivity (Wildman–Crippen MR) is 142 cm³/mol. The fourth-order valence-electron chi connectivity index (χ4n) is 3.92. The Balaban J connectivity index is 1.44. The number of hydrogen-bond acceptors (Lipinski definition) is 7. The standard InChI is InChI=1S/C26H19ClF4N8O3/c27-16-7-5-15(6-8-16)23-36-38(25(42)37(23)12-20(40)26(29,30)31)13-22-33-14-39(35-22)19-4-2-1-3-18(19)24(41)34-21-10-9-17(28)11-32-21/h1-11,14,20,40H,12-13H2,(H,32,34,41). The molecule has 1 amide bonds. The summed E-state index contributed by atoms with van der Waals surface area (Å²) in [6.45, 7) is -1.43. The summed E-state index contributed by atoms with van der Waals surface area (Å²) < 4.78 is 55.4. The van der Waals surface area contributed by atoms with Crippen LogP contribution in [0.3, 0.4) is 0 Å². The number of para-hydroxylation sites is 1. The fraction of sp³-hybridized carbons (Fsp3) is 0.154. The molecule has 1 unspecified atom stereocenters. The lowest BCUT2D eigenvalue weighted by Gasteiger charge is -2.15. The van der Waals surface area contributed by atoms with Crippen LogP contribution in [0.4, 0.5) is 23.4 Å². The van der Waals surface area contributed by atoms with Crippen molar-refractivity contribution in [3.63, 3.8) is 0 Å². The van der Waals surface area contributed by atoms with Gasteiger partial charge in [0, 0.05) is 10.6 Å². The minimum absolute atomic E-state index is 0.0520. The van der Waals surface area contributed by atoms with Crippen molar-refractivity contribution in [1.29, 1.82) is 0 Å². The molecule has 5 aromatic rings. The molecule has 11 nitrogen and oxygen atoms in total. The van der Waals surface area contributed by atoms with Gasteiger partial charge in [0.15, 0.2) is 17.8 Å². The Hall–Kier alpha value is -4.89. The van der Waals surface area contributed by atoms with Gasteiger partial charge in [-0.25, -0.2) is 28.5 Å². The Morgan fingerprint density at radius 3 is 2.45 bits per heavy atom. The van der Waals surface area contributed by atoms with E-state index >= 15 is 0 Å². The second-order valence-electron chi connectivity index (χ2n) is 8.88. The summed E-state index contributed by atoms with van der Waals surface area (Å²) >= 11 is 5.91. The minimum Gasteiger partial charge on any atom is -0.382 e. The van der Waals surface area contributed by atoms with Crippen molar-refractivity contribution in [2.24, 2.45) is 0 Å². The predicted octanol–water partition coefficient (Wildman–Crippen LogP) is 3.70. The second-order valence-corrected chi connectivity index (χ2v) is 9.31. The number of halogens is 5. The zero-order chi connectivity index (χ0) is 30.0. The van der Waals surface area contributed by atoms with Crippen molar-refractivity contribution in [3.05, 3.63) is 106 Å². The first-order valence-electron chi connectivity index (χ1n) is 12.1. The summed E-state index contributed by atoms with van der Waals surface area (Å²) in [7, 11) is 0. The Kier molecular flexibility index (Phi) is 7.87. The van der Waals surface area contributed by atoms with E-state index in [4.69, 9.17) is 11.6 Å². The first-order valence-corrected chi connectivity index (χ1v) is 12.5. The largest absolute Gasteiger partial charge is 0.416 e. The quantitative estimate of drug-likeness (QED) is 0.259. The van der Waals surface area contributed by atoms with Crippen LogP contribution in [0.15, 0.2) is 78.0 Å². The number of carbonyl (C=O) groups excluding carboxylic acids is 1. The van der Waals surface area contributed by atoms with Crippen molar-refractivity contribution in [2.75, 3.05) is 5.32 Å². The van der Waals surface area contributed by atoms with Gasteiger partial charge in [-0.1, -0.05) is 23.7 Å². The van der Waals surface area contributed by atoms with Gasteiger partial charge in [-0.05, 0) is 48.5 Å². The molecule has 0 fully saturated rings. The van der Waals surface area contributed by atoms with Gasteiger partial charge in [0.2, 0.25) is 0 Å². The lowest BCUT2D eigenvalue weighted by molar-refractivity contribution is -0.207. The van der Waals surface area contributed by atoms with Crippen LogP contribution in [0, 0.1) is 5.82 Å². The summed E-state index contributed by atoms with van der Waals surface area (Å²) in [5, 5.41) is 21.1. The van der Waals surface area contributed by atoms with Crippen molar-refractivity contribution >= 4 is 23.3 Å². The highest BCUT2D eigenvalue weighted by Crippen LogP contribution is 2.24. The molecule has 3 aromatic heterocycles. The molecule has 0 aliphatic rings. The highest BCUT2D eigenvalue weighted by Gasteiger charge is 2.39. The van der Waals surface area contributed by atoms with Crippen LogP contribution in [0.5, 0.6) is 0 Å². The average Bonchev–Trinajstić information content (AvgIpc) is 3.55. The van der Waals surface area contributed by atoms with Crippen LogP contribution in [-0.4, -0.2) is 57.4 Å². The van der Waals surface area contributed by atoms with Crippen molar-refractivity contribution in [1.82, 2.24) is 34.1 Å². The molecule has 1 atom stereocenters. The molecule has 3 heterocycles. The van der Waals surface area contributed by atoms with Gasteiger partial charge in [0.05, 0.1) is 24.0 Å². The minimum atomic E-state index is -4.97. The topological polar surface area (TPSA) is 133 Å². The Morgan fingerprint density at radius 2 is 1.76 bits per heavy atom. The number of benzene rings is 2. The number of aliphatic hydroxyl groups excluding tert-OH is 1. The fourth-order valence-corrected chi connectivity index (χ4v) is 4.04. The number of alkyl halides is 3. The van der Waals surface area contributed by atoms with E-state index in [1.54, 1.807) is 18.2 Å². The average molecular weight is 603 g/mol. The van der Waals surface area contributed by atoms with Crippen molar-refractivity contribution in [3.8, 4) is 17.1 Å². The maximum Gasteiger partial charge on any atom is 0.416 e. The molecule has 0 spiro atoms. The van der Waals surface area contributed by atoms with E-state index in [1.807, 2.05) is 0 Å². The van der Waals surface area contributed by atoms with Crippen molar-refractivity contribution < 1.29 is 27.5 Å². The van der Waals surface area contributed by atoms with Gasteiger partial charge >= 0.3 is 11.9 Å². The number of pyridine rings is 1. The number of amides is 1. The molecule has 0 bridgehead atoms. The first kappa shape index (κ1) is 28.6. The summed E-state index contributed by atoms with van der Waals surface area (Å²) in [5.74, 6) is -1.08. The summed E-state index contributed by atoms with van der Waals surface area (Å²) in [6, 6.07) is 14.7. The third kappa shape index (κ3) is 6.21. The smallest absolute Gasteiger partial charge is 0.382 e. The third-order valence-corrected chi connectivity index (χ3v) is 6.21. The van der Waals surface area contributed by atoms with E-state index in [0.29, 0.717) is 20.8 Å². The highest BCUT2D eigenvalue weighted by atomic mass is 35.5. The van der Waals surface area contributed by atoms with Gasteiger partial charge in [-0.2, -0.15) is 13.2 Å². The molecule has 5 rings (SSSR count). The Morgan fingerprint density at radius 1 is 1.02 bits per heavy atom. The van der Waals surface area contributed by atoms with Crippen molar-refractivity contribution in [2.45, 2.75) is 25.4 Å². The molecule has 216 valence electrons. The Labute approximate surface area is 238 Å². The molecular weight excluding hydrogens is 584 g/mol. The van der Waals surface area contributed by atoms with Crippen LogP contribution >= 0.6 is 11.6 Å². The number of aliphatic hydroxyl groups is 1. The first-order chi connectivity index (χ1) is 20.0. The van der Waals surface area contributed by atoms with Crippen LogP contribution in [-0.2, 0) is 13.1 Å². The normalized spacial score (nSPS) is 12.3. The lowest BCUT2D eigenvalue weighted by atomic mass is 10.1. The third-order valence-electron chi connectivity index (χ3n) is 5.95. The maximum absolute atomic E-state index is 13.2. The van der Waals surface area contributed by atoms with Crippen LogP contribution in [0.1, 0.15) is 16.2 Å². The zero-order valence-electron chi connectivity index (χ0n) is 21.2. The maximum atomic E-state index is 13.2. The van der Waals surface area contributed by atoms with Gasteiger partial charge in [0.25, 0.3) is 5.91 Å². The molecular formula is C26H19ClF4N8O3.